The molecule has 0 saturated heterocycles. The van der Waals surface area contributed by atoms with Crippen molar-refractivity contribution in [1.29, 1.82) is 0 Å². The molecule has 3 amide bonds. The van der Waals surface area contributed by atoms with Crippen LogP contribution in [0.3, 0.4) is 0 Å². The Kier molecular flexibility index (Phi) is 8.46. The second kappa shape index (κ2) is 10.3. The molecule has 138 valence electrons. The van der Waals surface area contributed by atoms with Crippen molar-refractivity contribution in [3.8, 4) is 0 Å². The maximum atomic E-state index is 12.6. The van der Waals surface area contributed by atoms with Crippen molar-refractivity contribution in [2.75, 3.05) is 13.1 Å². The van der Waals surface area contributed by atoms with E-state index in [9.17, 15) is 14.4 Å². The number of carbonyl (C=O) groups excluding carboxylic acids is 2. The monoisotopic (exact) mass is 349 g/mol. The number of hydrogen-bond donors (Lipinski definition) is 3. The summed E-state index contributed by atoms with van der Waals surface area (Å²) in [5, 5.41) is 14.4. The lowest BCUT2D eigenvalue weighted by Crippen LogP contribution is -2.54. The van der Waals surface area contributed by atoms with E-state index in [1.54, 1.807) is 0 Å². The summed E-state index contributed by atoms with van der Waals surface area (Å²) in [5.74, 6) is -1.62. The number of nitrogens with one attached hydrogen (secondary N) is 2. The van der Waals surface area contributed by atoms with Crippen LogP contribution in [0, 0.1) is 5.92 Å². The van der Waals surface area contributed by atoms with Crippen molar-refractivity contribution in [2.24, 2.45) is 5.92 Å². The lowest BCUT2D eigenvalue weighted by molar-refractivity contribution is -0.145. The molecule has 0 fully saturated rings. The third kappa shape index (κ3) is 7.24. The lowest BCUT2D eigenvalue weighted by Gasteiger charge is -2.28. The van der Waals surface area contributed by atoms with E-state index in [0.29, 0.717) is 19.5 Å². The van der Waals surface area contributed by atoms with Gasteiger partial charge in [-0.25, -0.2) is 4.79 Å². The minimum Gasteiger partial charge on any atom is -0.480 e. The molecule has 0 bridgehead atoms. The van der Waals surface area contributed by atoms with E-state index in [1.165, 1.54) is 4.90 Å². The molecule has 0 saturated carbocycles. The number of carboxylic acids is 1. The van der Waals surface area contributed by atoms with E-state index < -0.39 is 18.0 Å². The largest absolute Gasteiger partial charge is 0.480 e. The Morgan fingerprint density at radius 2 is 1.80 bits per heavy atom. The molecule has 0 aliphatic heterocycles. The first-order valence-corrected chi connectivity index (χ1v) is 8.44. The minimum absolute atomic E-state index is 0.164. The molecule has 1 unspecified atom stereocenters. The summed E-state index contributed by atoms with van der Waals surface area (Å²) in [4.78, 5) is 37.0. The van der Waals surface area contributed by atoms with Gasteiger partial charge in [0.05, 0.1) is 0 Å². The smallest absolute Gasteiger partial charge is 0.323 e. The van der Waals surface area contributed by atoms with Crippen LogP contribution in [0.1, 0.15) is 32.8 Å². The number of benzene rings is 1. The number of carboxylic acid groups (broad SMARTS) is 1. The number of carbonyl (C=O) groups is 3. The van der Waals surface area contributed by atoms with Gasteiger partial charge in [0, 0.05) is 13.1 Å². The van der Waals surface area contributed by atoms with Crippen LogP contribution in [-0.2, 0) is 16.1 Å². The van der Waals surface area contributed by atoms with Crippen LogP contribution in [0.5, 0.6) is 0 Å². The van der Waals surface area contributed by atoms with Crippen molar-refractivity contribution in [3.05, 3.63) is 35.9 Å². The zero-order valence-corrected chi connectivity index (χ0v) is 15.0. The van der Waals surface area contributed by atoms with Crippen LogP contribution in [-0.4, -0.2) is 47.0 Å². The third-order valence-electron chi connectivity index (χ3n) is 3.65. The van der Waals surface area contributed by atoms with Gasteiger partial charge in [0.25, 0.3) is 0 Å². The first-order valence-electron chi connectivity index (χ1n) is 8.44. The van der Waals surface area contributed by atoms with Crippen LogP contribution >= 0.6 is 0 Å². The molecule has 0 spiro atoms. The Hall–Kier alpha value is -2.57. The van der Waals surface area contributed by atoms with Gasteiger partial charge < -0.3 is 20.6 Å². The zero-order valence-electron chi connectivity index (χ0n) is 15.0. The first-order chi connectivity index (χ1) is 11.8. The molecule has 1 rings (SSSR count). The number of nitrogens with zero attached hydrogens (tertiary/aromatic N) is 1. The molecule has 7 nitrogen and oxygen atoms in total. The predicted octanol–water partition coefficient (Wildman–Crippen LogP) is 1.83. The molecule has 1 aromatic carbocycles. The molecular weight excluding hydrogens is 322 g/mol. The highest BCUT2D eigenvalue weighted by Gasteiger charge is 2.29. The highest BCUT2D eigenvalue weighted by atomic mass is 16.4. The number of amides is 3. The summed E-state index contributed by atoms with van der Waals surface area (Å²) in [5.41, 5.74) is 0.948. The second-order valence-electron chi connectivity index (χ2n) is 6.19. The molecule has 0 aliphatic carbocycles. The molecule has 25 heavy (non-hydrogen) atoms. The molecule has 1 atom stereocenters. The van der Waals surface area contributed by atoms with Crippen LogP contribution in [0.25, 0.3) is 0 Å². The molecule has 0 radical (unpaired) electrons. The molecular formula is C18H27N3O4. The minimum atomic E-state index is -1.07. The SMILES string of the molecule is CCCN(CC(=O)O)C(=O)C(NC(=O)NCc1ccccc1)C(C)C. The number of hydrogen-bond acceptors (Lipinski definition) is 3. The van der Waals surface area contributed by atoms with Crippen LogP contribution in [0.2, 0.25) is 0 Å². The Morgan fingerprint density at radius 3 is 2.32 bits per heavy atom. The van der Waals surface area contributed by atoms with Crippen LogP contribution < -0.4 is 10.6 Å². The van der Waals surface area contributed by atoms with Gasteiger partial charge in [0.15, 0.2) is 0 Å². The lowest BCUT2D eigenvalue weighted by atomic mass is 10.0. The normalized spacial score (nSPS) is 11.7. The molecule has 0 heterocycles. The van der Waals surface area contributed by atoms with E-state index in [2.05, 4.69) is 10.6 Å². The highest BCUT2D eigenvalue weighted by Crippen LogP contribution is 2.07. The fraction of sp³-hybridized carbons (Fsp3) is 0.500. The molecule has 7 heteroatoms. The highest BCUT2D eigenvalue weighted by molar-refractivity contribution is 5.89. The average molecular weight is 349 g/mol. The quantitative estimate of drug-likeness (QED) is 0.633. The molecule has 0 aromatic heterocycles. The second-order valence-corrected chi connectivity index (χ2v) is 6.19. The van der Waals surface area contributed by atoms with Crippen molar-refractivity contribution in [3.63, 3.8) is 0 Å². The van der Waals surface area contributed by atoms with Gasteiger partial charge >= 0.3 is 12.0 Å². The van der Waals surface area contributed by atoms with E-state index in [1.807, 2.05) is 51.1 Å². The van der Waals surface area contributed by atoms with Gasteiger partial charge in [-0.05, 0) is 17.9 Å². The van der Waals surface area contributed by atoms with E-state index in [0.717, 1.165) is 5.56 Å². The molecule has 0 aliphatic rings. The van der Waals surface area contributed by atoms with Gasteiger partial charge in [0.1, 0.15) is 12.6 Å². The summed E-state index contributed by atoms with van der Waals surface area (Å²) in [6.45, 7) is 5.80. The number of urea groups is 1. The Labute approximate surface area is 148 Å². The fourth-order valence-corrected chi connectivity index (χ4v) is 2.38. The van der Waals surface area contributed by atoms with Crippen LogP contribution in [0.4, 0.5) is 4.79 Å². The van der Waals surface area contributed by atoms with Gasteiger partial charge in [-0.15, -0.1) is 0 Å². The van der Waals surface area contributed by atoms with Gasteiger partial charge in [-0.2, -0.15) is 0 Å². The van der Waals surface area contributed by atoms with Gasteiger partial charge in [-0.3, -0.25) is 9.59 Å². The van der Waals surface area contributed by atoms with E-state index in [-0.39, 0.29) is 18.4 Å². The van der Waals surface area contributed by atoms with Crippen LogP contribution in [0.15, 0.2) is 30.3 Å². The zero-order chi connectivity index (χ0) is 18.8. The summed E-state index contributed by atoms with van der Waals surface area (Å²) in [6.07, 6.45) is 0.643. The maximum Gasteiger partial charge on any atom is 0.323 e. The Balaban J connectivity index is 2.69. The van der Waals surface area contributed by atoms with Crippen molar-refractivity contribution in [1.82, 2.24) is 15.5 Å². The maximum absolute atomic E-state index is 12.6. The molecule has 3 N–H and O–H groups in total. The van der Waals surface area contributed by atoms with E-state index in [4.69, 9.17) is 5.11 Å². The number of aliphatic carboxylic acids is 1. The predicted molar refractivity (Wildman–Crippen MR) is 94.9 cm³/mol. The number of rotatable bonds is 9. The summed E-state index contributed by atoms with van der Waals surface area (Å²) < 4.78 is 0. The summed E-state index contributed by atoms with van der Waals surface area (Å²) in [7, 11) is 0. The standard InChI is InChI=1S/C18H27N3O4/c1-4-10-21(12-15(22)23)17(24)16(13(2)3)20-18(25)19-11-14-8-6-5-7-9-14/h5-9,13,16H,4,10-12H2,1-3H3,(H,22,23)(H2,19,20,25). The Morgan fingerprint density at radius 1 is 1.16 bits per heavy atom. The summed E-state index contributed by atoms with van der Waals surface area (Å²) >= 11 is 0. The van der Waals surface area contributed by atoms with E-state index >= 15 is 0 Å². The summed E-state index contributed by atoms with van der Waals surface area (Å²) in [6, 6.07) is 8.20. The fourth-order valence-electron chi connectivity index (χ4n) is 2.38. The Bertz CT molecular complexity index is 575. The topological polar surface area (TPSA) is 98.7 Å². The first kappa shape index (κ1) is 20.5. The van der Waals surface area contributed by atoms with Crippen molar-refractivity contribution >= 4 is 17.9 Å². The van der Waals surface area contributed by atoms with Crippen molar-refractivity contribution in [2.45, 2.75) is 39.8 Å². The average Bonchev–Trinajstić information content (AvgIpc) is 2.57. The molecule has 1 aromatic rings. The third-order valence-corrected chi connectivity index (χ3v) is 3.65. The van der Waals surface area contributed by atoms with Crippen molar-refractivity contribution < 1.29 is 19.5 Å². The van der Waals surface area contributed by atoms with Gasteiger partial charge in [0.2, 0.25) is 5.91 Å². The van der Waals surface area contributed by atoms with Gasteiger partial charge in [-0.1, -0.05) is 51.1 Å².